The van der Waals surface area contributed by atoms with Crippen molar-refractivity contribution in [3.8, 4) is 0 Å². The van der Waals surface area contributed by atoms with Crippen LogP contribution in [0.4, 0.5) is 16.0 Å². The Balaban J connectivity index is 1.52. The third kappa shape index (κ3) is 4.14. The Bertz CT molecular complexity index is 935. The van der Waals surface area contributed by atoms with Gasteiger partial charge in [-0.1, -0.05) is 17.7 Å². The van der Waals surface area contributed by atoms with Gasteiger partial charge in [-0.15, -0.1) is 0 Å². The quantitative estimate of drug-likeness (QED) is 0.619. The number of hydrogen-bond donors (Lipinski definition) is 3. The molecule has 27 heavy (non-hydrogen) atoms. The number of nitrogens with two attached hydrogens (primary N) is 1. The third-order valence-corrected chi connectivity index (χ3v) is 5.23. The second-order valence-electron chi connectivity index (χ2n) is 6.99. The van der Waals surface area contributed by atoms with Crippen molar-refractivity contribution in [1.29, 1.82) is 0 Å². The monoisotopic (exact) mass is 388 g/mol. The van der Waals surface area contributed by atoms with E-state index in [-0.39, 0.29) is 5.02 Å². The van der Waals surface area contributed by atoms with Gasteiger partial charge in [0.15, 0.2) is 5.65 Å². The van der Waals surface area contributed by atoms with Gasteiger partial charge in [0.25, 0.3) is 0 Å². The van der Waals surface area contributed by atoms with Gasteiger partial charge in [0.2, 0.25) is 0 Å². The summed E-state index contributed by atoms with van der Waals surface area (Å²) in [5.74, 6) is 1.20. The second kappa shape index (κ2) is 7.70. The Labute approximate surface area is 161 Å². The molecule has 2 heterocycles. The lowest BCUT2D eigenvalue weighted by Crippen LogP contribution is -2.33. The van der Waals surface area contributed by atoms with E-state index in [1.165, 1.54) is 6.07 Å². The van der Waals surface area contributed by atoms with Crippen molar-refractivity contribution in [2.45, 2.75) is 44.3 Å². The number of rotatable bonds is 5. The van der Waals surface area contributed by atoms with Gasteiger partial charge in [-0.2, -0.15) is 9.61 Å². The molecule has 1 fully saturated rings. The molecule has 0 unspecified atom stereocenters. The van der Waals surface area contributed by atoms with Crippen LogP contribution in [0.5, 0.6) is 0 Å². The number of fused-ring (bicyclic) bond motifs is 1. The van der Waals surface area contributed by atoms with Gasteiger partial charge in [-0.05, 0) is 43.4 Å². The maximum atomic E-state index is 13.3. The highest BCUT2D eigenvalue weighted by molar-refractivity contribution is 6.30. The molecule has 1 aromatic carbocycles. The maximum absolute atomic E-state index is 13.3. The third-order valence-electron chi connectivity index (χ3n) is 4.94. The molecule has 2 aromatic heterocycles. The van der Waals surface area contributed by atoms with Gasteiger partial charge in [0, 0.05) is 30.8 Å². The Morgan fingerprint density at radius 3 is 2.78 bits per heavy atom. The van der Waals surface area contributed by atoms with Crippen molar-refractivity contribution in [3.63, 3.8) is 0 Å². The normalized spacial score (nSPS) is 20.0. The number of nitrogens with one attached hydrogen (secondary N) is 2. The van der Waals surface area contributed by atoms with Gasteiger partial charge in [0.1, 0.15) is 17.5 Å². The van der Waals surface area contributed by atoms with Crippen molar-refractivity contribution < 1.29 is 4.39 Å². The standard InChI is InChI=1S/C19H22ClFN6/c20-15-9-12(1-6-16(15)21)11-23-19-10-17(26-18-7-8-24-27(18)19)25-14-4-2-13(22)3-5-14/h1,6-10,13-14,23H,2-5,11,22H2,(H,25,26). The van der Waals surface area contributed by atoms with E-state index in [0.29, 0.717) is 18.6 Å². The summed E-state index contributed by atoms with van der Waals surface area (Å²) >= 11 is 5.87. The zero-order chi connectivity index (χ0) is 18.8. The predicted octanol–water partition coefficient (Wildman–Crippen LogP) is 3.82. The minimum atomic E-state index is -0.419. The molecule has 0 amide bonds. The summed E-state index contributed by atoms with van der Waals surface area (Å²) in [7, 11) is 0. The molecule has 0 atom stereocenters. The fourth-order valence-corrected chi connectivity index (χ4v) is 3.63. The molecule has 0 bridgehead atoms. The van der Waals surface area contributed by atoms with Gasteiger partial charge >= 0.3 is 0 Å². The smallest absolute Gasteiger partial charge is 0.159 e. The average Bonchev–Trinajstić information content (AvgIpc) is 3.13. The molecule has 3 aromatic rings. The number of halogens is 2. The van der Waals surface area contributed by atoms with E-state index in [0.717, 1.165) is 48.5 Å². The molecule has 1 aliphatic carbocycles. The molecule has 0 spiro atoms. The molecule has 6 nitrogen and oxygen atoms in total. The zero-order valence-corrected chi connectivity index (χ0v) is 15.6. The summed E-state index contributed by atoms with van der Waals surface area (Å²) in [6, 6.07) is 9.20. The van der Waals surface area contributed by atoms with Crippen LogP contribution >= 0.6 is 11.6 Å². The van der Waals surface area contributed by atoms with Crippen molar-refractivity contribution in [2.75, 3.05) is 10.6 Å². The molecular weight excluding hydrogens is 367 g/mol. The Morgan fingerprint density at radius 2 is 2.00 bits per heavy atom. The summed E-state index contributed by atoms with van der Waals surface area (Å²) < 4.78 is 15.1. The molecule has 1 saturated carbocycles. The Morgan fingerprint density at radius 1 is 1.19 bits per heavy atom. The van der Waals surface area contributed by atoms with Crippen LogP contribution in [0.2, 0.25) is 5.02 Å². The van der Waals surface area contributed by atoms with E-state index < -0.39 is 5.82 Å². The topological polar surface area (TPSA) is 80.3 Å². The summed E-state index contributed by atoms with van der Waals surface area (Å²) in [6.45, 7) is 0.497. The predicted molar refractivity (Wildman–Crippen MR) is 106 cm³/mol. The van der Waals surface area contributed by atoms with Crippen LogP contribution < -0.4 is 16.4 Å². The van der Waals surface area contributed by atoms with Gasteiger partial charge in [-0.25, -0.2) is 9.37 Å². The van der Waals surface area contributed by atoms with E-state index >= 15 is 0 Å². The summed E-state index contributed by atoms with van der Waals surface area (Å²) in [5.41, 5.74) is 7.63. The molecule has 0 radical (unpaired) electrons. The van der Waals surface area contributed by atoms with Crippen LogP contribution in [0.1, 0.15) is 31.2 Å². The largest absolute Gasteiger partial charge is 0.367 e. The first-order valence-electron chi connectivity index (χ1n) is 9.13. The highest BCUT2D eigenvalue weighted by atomic mass is 35.5. The summed E-state index contributed by atoms with van der Waals surface area (Å²) in [6.07, 6.45) is 5.87. The maximum Gasteiger partial charge on any atom is 0.159 e. The van der Waals surface area contributed by atoms with Crippen LogP contribution in [0.3, 0.4) is 0 Å². The van der Waals surface area contributed by atoms with Crippen LogP contribution in [0, 0.1) is 5.82 Å². The van der Waals surface area contributed by atoms with Crippen LogP contribution in [0.25, 0.3) is 5.65 Å². The van der Waals surface area contributed by atoms with Gasteiger partial charge in [-0.3, -0.25) is 0 Å². The van der Waals surface area contributed by atoms with Crippen molar-refractivity contribution in [2.24, 2.45) is 5.73 Å². The van der Waals surface area contributed by atoms with Crippen molar-refractivity contribution >= 4 is 28.9 Å². The van der Waals surface area contributed by atoms with Crippen LogP contribution in [0.15, 0.2) is 36.5 Å². The van der Waals surface area contributed by atoms with Gasteiger partial charge < -0.3 is 16.4 Å². The van der Waals surface area contributed by atoms with E-state index in [4.69, 9.17) is 17.3 Å². The van der Waals surface area contributed by atoms with E-state index in [9.17, 15) is 4.39 Å². The number of benzene rings is 1. The average molecular weight is 389 g/mol. The molecule has 142 valence electrons. The molecule has 4 rings (SSSR count). The lowest BCUT2D eigenvalue weighted by molar-refractivity contribution is 0.410. The molecule has 1 aliphatic rings. The zero-order valence-electron chi connectivity index (χ0n) is 14.8. The van der Waals surface area contributed by atoms with Crippen molar-refractivity contribution in [3.05, 3.63) is 52.9 Å². The van der Waals surface area contributed by atoms with Gasteiger partial charge in [0.05, 0.1) is 11.2 Å². The fourth-order valence-electron chi connectivity index (χ4n) is 3.43. The first-order valence-corrected chi connectivity index (χ1v) is 9.51. The lowest BCUT2D eigenvalue weighted by atomic mass is 9.92. The summed E-state index contributed by atoms with van der Waals surface area (Å²) in [4.78, 5) is 4.64. The number of anilines is 2. The summed E-state index contributed by atoms with van der Waals surface area (Å²) in [5, 5.41) is 11.3. The van der Waals surface area contributed by atoms with Crippen LogP contribution in [-0.4, -0.2) is 26.7 Å². The van der Waals surface area contributed by atoms with Crippen LogP contribution in [-0.2, 0) is 6.54 Å². The van der Waals surface area contributed by atoms with Crippen molar-refractivity contribution in [1.82, 2.24) is 14.6 Å². The number of aromatic nitrogens is 3. The first-order chi connectivity index (χ1) is 13.1. The molecule has 8 heteroatoms. The van der Waals surface area contributed by atoms with E-state index in [1.807, 2.05) is 12.1 Å². The first kappa shape index (κ1) is 18.0. The SMILES string of the molecule is NC1CCC(Nc2cc(NCc3ccc(F)c(Cl)c3)n3nccc3n2)CC1. The lowest BCUT2D eigenvalue weighted by Gasteiger charge is -2.27. The second-order valence-corrected chi connectivity index (χ2v) is 7.39. The highest BCUT2D eigenvalue weighted by Crippen LogP contribution is 2.23. The molecule has 4 N–H and O–H groups in total. The fraction of sp³-hybridized carbons (Fsp3) is 0.368. The molecule has 0 saturated heterocycles. The number of nitrogens with zero attached hydrogens (tertiary/aromatic N) is 3. The van der Waals surface area contributed by atoms with E-state index in [2.05, 4.69) is 20.7 Å². The minimum Gasteiger partial charge on any atom is -0.367 e. The number of hydrogen-bond acceptors (Lipinski definition) is 5. The highest BCUT2D eigenvalue weighted by Gasteiger charge is 2.19. The Hall–Kier alpha value is -2.38. The molecular formula is C19H22ClFN6. The minimum absolute atomic E-state index is 0.117. The molecule has 0 aliphatic heterocycles. The van der Waals surface area contributed by atoms with E-state index in [1.54, 1.807) is 22.8 Å². The Kier molecular flexibility index (Phi) is 5.13.